The maximum Gasteiger partial charge on any atom is 0.0943 e. The Hall–Kier alpha value is -2.06. The molecular weight excluding hydrogens is 258 g/mol. The molecule has 1 aliphatic rings. The van der Waals surface area contributed by atoms with Crippen LogP contribution in [0.3, 0.4) is 0 Å². The Labute approximate surface area is 124 Å². The molecule has 0 aliphatic heterocycles. The van der Waals surface area contributed by atoms with Gasteiger partial charge in [-0.2, -0.15) is 0 Å². The monoisotopic (exact) mass is 277 g/mol. The molecule has 3 aromatic rings. The van der Waals surface area contributed by atoms with Crippen LogP contribution in [-0.2, 0) is 13.0 Å². The highest BCUT2D eigenvalue weighted by Gasteiger charge is 2.25. The number of rotatable bonds is 2. The van der Waals surface area contributed by atoms with Crippen LogP contribution in [0.4, 0.5) is 0 Å². The molecule has 1 aromatic heterocycles. The Bertz CT molecular complexity index is 773. The van der Waals surface area contributed by atoms with E-state index in [1.165, 1.54) is 22.0 Å². The summed E-state index contributed by atoms with van der Waals surface area (Å²) in [6, 6.07) is 19.0. The van der Waals surface area contributed by atoms with Gasteiger partial charge in [0, 0.05) is 17.4 Å². The Morgan fingerprint density at radius 2 is 1.76 bits per heavy atom. The highest BCUT2D eigenvalue weighted by Crippen LogP contribution is 2.37. The van der Waals surface area contributed by atoms with E-state index in [4.69, 9.17) is 0 Å². The van der Waals surface area contributed by atoms with Crippen LogP contribution in [-0.4, -0.2) is 9.67 Å². The van der Waals surface area contributed by atoms with Gasteiger partial charge in [-0.05, 0) is 36.5 Å². The Morgan fingerprint density at radius 1 is 1.00 bits per heavy atom. The minimum Gasteiger partial charge on any atom is -0.387 e. The van der Waals surface area contributed by atoms with Crippen molar-refractivity contribution in [3.8, 4) is 0 Å². The van der Waals surface area contributed by atoms with Crippen LogP contribution < -0.4 is 0 Å². The standard InChI is InChI=1S/C19H19NO/c21-18-12-6-10-16-15-9-4-5-11-17(15)20(19(16)18)13-14-7-2-1-3-8-14/h1-5,7-9,11,18,21H,6,10,12-13H2/t18-/m1/s1. The van der Waals surface area contributed by atoms with Gasteiger partial charge in [-0.15, -0.1) is 0 Å². The van der Waals surface area contributed by atoms with Crippen LogP contribution in [0.5, 0.6) is 0 Å². The third kappa shape index (κ3) is 2.07. The molecule has 1 N–H and O–H groups in total. The SMILES string of the molecule is O[C@@H]1CCCc2c1n(Cc1ccccc1)c1ccccc21. The number of aliphatic hydroxyl groups excluding tert-OH is 1. The molecule has 0 fully saturated rings. The van der Waals surface area contributed by atoms with Crippen molar-refractivity contribution in [3.63, 3.8) is 0 Å². The van der Waals surface area contributed by atoms with E-state index in [0.717, 1.165) is 31.5 Å². The molecule has 2 nitrogen and oxygen atoms in total. The fourth-order valence-corrected chi connectivity index (χ4v) is 3.58. The number of para-hydroxylation sites is 1. The minimum atomic E-state index is -0.329. The first-order chi connectivity index (χ1) is 10.3. The number of aromatic nitrogens is 1. The molecular formula is C19H19NO. The predicted octanol–water partition coefficient (Wildman–Crippen LogP) is 4.06. The molecule has 2 aromatic carbocycles. The van der Waals surface area contributed by atoms with Crippen LogP contribution in [0.1, 0.15) is 35.8 Å². The summed E-state index contributed by atoms with van der Waals surface area (Å²) in [5.41, 5.74) is 5.00. The average molecular weight is 277 g/mol. The van der Waals surface area contributed by atoms with Crippen molar-refractivity contribution in [2.24, 2.45) is 0 Å². The number of hydrogen-bond acceptors (Lipinski definition) is 1. The highest BCUT2D eigenvalue weighted by molar-refractivity contribution is 5.86. The van der Waals surface area contributed by atoms with E-state index in [2.05, 4.69) is 53.1 Å². The van der Waals surface area contributed by atoms with Gasteiger partial charge in [0.1, 0.15) is 0 Å². The van der Waals surface area contributed by atoms with Crippen LogP contribution >= 0.6 is 0 Å². The molecule has 4 rings (SSSR count). The van der Waals surface area contributed by atoms with Crippen LogP contribution in [0, 0.1) is 0 Å². The number of nitrogens with zero attached hydrogens (tertiary/aromatic N) is 1. The molecule has 106 valence electrons. The maximum atomic E-state index is 10.5. The predicted molar refractivity (Wildman–Crippen MR) is 85.4 cm³/mol. The summed E-state index contributed by atoms with van der Waals surface area (Å²) in [6.45, 7) is 0.827. The molecule has 2 heteroatoms. The van der Waals surface area contributed by atoms with Gasteiger partial charge in [-0.3, -0.25) is 0 Å². The van der Waals surface area contributed by atoms with E-state index in [-0.39, 0.29) is 6.10 Å². The summed E-state index contributed by atoms with van der Waals surface area (Å²) >= 11 is 0. The summed E-state index contributed by atoms with van der Waals surface area (Å²) < 4.78 is 2.31. The summed E-state index contributed by atoms with van der Waals surface area (Å²) in [5.74, 6) is 0. The second kappa shape index (κ2) is 5.05. The van der Waals surface area contributed by atoms with Crippen molar-refractivity contribution in [1.82, 2.24) is 4.57 Å². The van der Waals surface area contributed by atoms with Gasteiger partial charge >= 0.3 is 0 Å². The molecule has 0 spiro atoms. The van der Waals surface area contributed by atoms with Gasteiger partial charge in [0.25, 0.3) is 0 Å². The Kier molecular flexibility index (Phi) is 3.04. The molecule has 0 radical (unpaired) electrons. The van der Waals surface area contributed by atoms with Crippen molar-refractivity contribution in [2.75, 3.05) is 0 Å². The lowest BCUT2D eigenvalue weighted by atomic mass is 9.93. The lowest BCUT2D eigenvalue weighted by molar-refractivity contribution is 0.148. The molecule has 1 aliphatic carbocycles. The maximum absolute atomic E-state index is 10.5. The van der Waals surface area contributed by atoms with E-state index in [9.17, 15) is 5.11 Å². The molecule has 0 saturated heterocycles. The lowest BCUT2D eigenvalue weighted by Gasteiger charge is -2.21. The van der Waals surface area contributed by atoms with Crippen molar-refractivity contribution < 1.29 is 5.11 Å². The number of hydrogen-bond donors (Lipinski definition) is 1. The highest BCUT2D eigenvalue weighted by atomic mass is 16.3. The molecule has 0 unspecified atom stereocenters. The molecule has 0 saturated carbocycles. The van der Waals surface area contributed by atoms with E-state index < -0.39 is 0 Å². The summed E-state index contributed by atoms with van der Waals surface area (Å²) in [5, 5.41) is 11.8. The smallest absolute Gasteiger partial charge is 0.0943 e. The zero-order valence-corrected chi connectivity index (χ0v) is 12.0. The first-order valence-corrected chi connectivity index (χ1v) is 7.66. The summed E-state index contributed by atoms with van der Waals surface area (Å²) in [7, 11) is 0. The lowest BCUT2D eigenvalue weighted by Crippen LogP contribution is -2.14. The topological polar surface area (TPSA) is 25.2 Å². The van der Waals surface area contributed by atoms with Gasteiger partial charge < -0.3 is 9.67 Å². The largest absolute Gasteiger partial charge is 0.387 e. The average Bonchev–Trinajstić information content (AvgIpc) is 2.84. The molecule has 1 heterocycles. The van der Waals surface area contributed by atoms with Crippen LogP contribution in [0.2, 0.25) is 0 Å². The van der Waals surface area contributed by atoms with Crippen molar-refractivity contribution >= 4 is 10.9 Å². The zero-order chi connectivity index (χ0) is 14.2. The van der Waals surface area contributed by atoms with Gasteiger partial charge in [-0.25, -0.2) is 0 Å². The van der Waals surface area contributed by atoms with Gasteiger partial charge in [-0.1, -0.05) is 48.5 Å². The first-order valence-electron chi connectivity index (χ1n) is 7.66. The second-order valence-electron chi connectivity index (χ2n) is 5.86. The molecule has 0 bridgehead atoms. The van der Waals surface area contributed by atoms with Crippen molar-refractivity contribution in [2.45, 2.75) is 31.9 Å². The summed E-state index contributed by atoms with van der Waals surface area (Å²) in [6.07, 6.45) is 2.70. The third-order valence-electron chi connectivity index (χ3n) is 4.52. The minimum absolute atomic E-state index is 0.329. The molecule has 0 amide bonds. The number of fused-ring (bicyclic) bond motifs is 3. The van der Waals surface area contributed by atoms with Gasteiger partial charge in [0.05, 0.1) is 11.8 Å². The fraction of sp³-hybridized carbons (Fsp3) is 0.263. The quantitative estimate of drug-likeness (QED) is 0.751. The van der Waals surface area contributed by atoms with E-state index in [1.54, 1.807) is 0 Å². The molecule has 1 atom stereocenters. The number of aliphatic hydroxyl groups is 1. The molecule has 21 heavy (non-hydrogen) atoms. The van der Waals surface area contributed by atoms with Crippen LogP contribution in [0.15, 0.2) is 54.6 Å². The van der Waals surface area contributed by atoms with Crippen LogP contribution in [0.25, 0.3) is 10.9 Å². The Morgan fingerprint density at radius 3 is 2.62 bits per heavy atom. The number of aryl methyl sites for hydroxylation is 1. The van der Waals surface area contributed by atoms with Gasteiger partial charge in [0.15, 0.2) is 0 Å². The zero-order valence-electron chi connectivity index (χ0n) is 12.0. The van der Waals surface area contributed by atoms with Crippen molar-refractivity contribution in [1.29, 1.82) is 0 Å². The summed E-state index contributed by atoms with van der Waals surface area (Å²) in [4.78, 5) is 0. The van der Waals surface area contributed by atoms with Crippen molar-refractivity contribution in [3.05, 3.63) is 71.4 Å². The second-order valence-corrected chi connectivity index (χ2v) is 5.86. The normalized spacial score (nSPS) is 17.9. The van der Waals surface area contributed by atoms with E-state index in [1.807, 2.05) is 6.07 Å². The number of benzene rings is 2. The van der Waals surface area contributed by atoms with E-state index in [0.29, 0.717) is 0 Å². The van der Waals surface area contributed by atoms with Gasteiger partial charge in [0.2, 0.25) is 0 Å². The fourth-order valence-electron chi connectivity index (χ4n) is 3.58. The van der Waals surface area contributed by atoms with E-state index >= 15 is 0 Å². The Balaban J connectivity index is 1.93. The first kappa shape index (κ1) is 12.7. The third-order valence-corrected chi connectivity index (χ3v) is 4.52.